The lowest BCUT2D eigenvalue weighted by Crippen LogP contribution is -2.38. The van der Waals surface area contributed by atoms with Gasteiger partial charge >= 0.3 is 0 Å². The quantitative estimate of drug-likeness (QED) is 0.941. The Balaban J connectivity index is 1.63. The Kier molecular flexibility index (Phi) is 4.68. The number of rotatable bonds is 4. The van der Waals surface area contributed by atoms with Crippen molar-refractivity contribution in [3.05, 3.63) is 41.7 Å². The van der Waals surface area contributed by atoms with Crippen molar-refractivity contribution < 1.29 is 4.74 Å². The highest BCUT2D eigenvalue weighted by Crippen LogP contribution is 2.24. The molecule has 0 spiro atoms. The van der Waals surface area contributed by atoms with E-state index in [-0.39, 0.29) is 0 Å². The number of halogens is 1. The zero-order chi connectivity index (χ0) is 14.5. The van der Waals surface area contributed by atoms with Gasteiger partial charge in [0.2, 0.25) is 0 Å². The van der Waals surface area contributed by atoms with Gasteiger partial charge in [0, 0.05) is 11.6 Å². The van der Waals surface area contributed by atoms with Crippen LogP contribution in [-0.4, -0.2) is 29.2 Å². The molecule has 1 unspecified atom stereocenters. The number of piperidine rings is 1. The van der Waals surface area contributed by atoms with E-state index in [4.69, 9.17) is 16.3 Å². The molecule has 1 aliphatic rings. The summed E-state index contributed by atoms with van der Waals surface area (Å²) in [6.07, 6.45) is 7.09. The predicted octanol–water partition coefficient (Wildman–Crippen LogP) is 3.32. The molecule has 4 nitrogen and oxygen atoms in total. The third-order valence-corrected chi connectivity index (χ3v) is 3.94. The minimum Gasteiger partial charge on any atom is -0.489 e. The lowest BCUT2D eigenvalue weighted by atomic mass is 10.1. The van der Waals surface area contributed by atoms with Crippen LogP contribution in [0.25, 0.3) is 11.4 Å². The zero-order valence-electron chi connectivity index (χ0n) is 11.8. The van der Waals surface area contributed by atoms with Gasteiger partial charge in [-0.1, -0.05) is 30.2 Å². The van der Waals surface area contributed by atoms with Crippen LogP contribution in [0.4, 0.5) is 0 Å². The van der Waals surface area contributed by atoms with Crippen LogP contribution in [0.5, 0.6) is 5.75 Å². The van der Waals surface area contributed by atoms with Gasteiger partial charge in [-0.3, -0.25) is 0 Å². The zero-order valence-corrected chi connectivity index (χ0v) is 12.5. The van der Waals surface area contributed by atoms with E-state index < -0.39 is 0 Å². The van der Waals surface area contributed by atoms with Crippen LogP contribution in [0.15, 0.2) is 36.7 Å². The largest absolute Gasteiger partial charge is 0.489 e. The number of nitrogens with one attached hydrogen (secondary N) is 1. The summed E-state index contributed by atoms with van der Waals surface area (Å²) >= 11 is 6.14. The number of nitrogens with zero attached hydrogens (tertiary/aromatic N) is 2. The molecular weight excluding hydrogens is 286 g/mol. The summed E-state index contributed by atoms with van der Waals surface area (Å²) in [5.41, 5.74) is 0.833. The lowest BCUT2D eigenvalue weighted by Gasteiger charge is -2.23. The summed E-state index contributed by atoms with van der Waals surface area (Å²) < 4.78 is 5.75. The van der Waals surface area contributed by atoms with E-state index >= 15 is 0 Å². The van der Waals surface area contributed by atoms with Gasteiger partial charge in [0.1, 0.15) is 6.61 Å². The van der Waals surface area contributed by atoms with Gasteiger partial charge in [-0.25, -0.2) is 9.97 Å². The summed E-state index contributed by atoms with van der Waals surface area (Å²) in [5.74, 6) is 1.31. The molecule has 1 aromatic heterocycles. The molecule has 1 aromatic carbocycles. The highest BCUT2D eigenvalue weighted by atomic mass is 35.5. The maximum absolute atomic E-state index is 6.14. The number of hydrogen-bond acceptors (Lipinski definition) is 4. The summed E-state index contributed by atoms with van der Waals surface area (Å²) in [6.45, 7) is 1.74. The second kappa shape index (κ2) is 6.87. The molecule has 1 N–H and O–H groups in total. The Hall–Kier alpha value is -1.65. The molecule has 0 bridgehead atoms. The molecule has 2 aromatic rings. The molecule has 0 amide bonds. The first-order valence-corrected chi connectivity index (χ1v) is 7.64. The molecule has 1 aliphatic heterocycles. The van der Waals surface area contributed by atoms with E-state index in [0.29, 0.717) is 29.2 Å². The maximum Gasteiger partial charge on any atom is 0.160 e. The van der Waals surface area contributed by atoms with E-state index in [1.165, 1.54) is 19.3 Å². The van der Waals surface area contributed by atoms with E-state index in [0.717, 1.165) is 12.1 Å². The van der Waals surface area contributed by atoms with Crippen LogP contribution in [0, 0.1) is 0 Å². The average Bonchev–Trinajstić information content (AvgIpc) is 2.55. The van der Waals surface area contributed by atoms with Crippen molar-refractivity contribution in [1.29, 1.82) is 0 Å². The Morgan fingerprint density at radius 2 is 2.00 bits per heavy atom. The molecule has 1 saturated heterocycles. The van der Waals surface area contributed by atoms with Crippen LogP contribution in [0.1, 0.15) is 19.3 Å². The highest BCUT2D eigenvalue weighted by molar-refractivity contribution is 6.33. The van der Waals surface area contributed by atoms with E-state index in [9.17, 15) is 0 Å². The van der Waals surface area contributed by atoms with E-state index in [1.807, 2.05) is 24.3 Å². The number of aromatic nitrogens is 2. The van der Waals surface area contributed by atoms with Gasteiger partial charge in [0.15, 0.2) is 11.6 Å². The Morgan fingerprint density at radius 3 is 2.71 bits per heavy atom. The molecule has 3 rings (SSSR count). The lowest BCUT2D eigenvalue weighted by molar-refractivity contribution is 0.237. The monoisotopic (exact) mass is 303 g/mol. The molecule has 0 radical (unpaired) electrons. The summed E-state index contributed by atoms with van der Waals surface area (Å²) in [5, 5.41) is 4.10. The van der Waals surface area contributed by atoms with Gasteiger partial charge < -0.3 is 10.1 Å². The third-order valence-electron chi connectivity index (χ3n) is 3.61. The van der Waals surface area contributed by atoms with Crippen molar-refractivity contribution in [3.63, 3.8) is 0 Å². The first-order chi connectivity index (χ1) is 10.3. The van der Waals surface area contributed by atoms with Crippen molar-refractivity contribution in [2.45, 2.75) is 25.3 Å². The van der Waals surface area contributed by atoms with Crippen LogP contribution in [0.3, 0.4) is 0 Å². The number of ether oxygens (including phenoxy) is 1. The normalized spacial score (nSPS) is 18.4. The van der Waals surface area contributed by atoms with Crippen LogP contribution < -0.4 is 10.1 Å². The Morgan fingerprint density at radius 1 is 1.19 bits per heavy atom. The predicted molar refractivity (Wildman–Crippen MR) is 83.6 cm³/mol. The van der Waals surface area contributed by atoms with Gasteiger partial charge in [-0.15, -0.1) is 0 Å². The molecule has 5 heteroatoms. The summed E-state index contributed by atoms with van der Waals surface area (Å²) in [7, 11) is 0. The molecule has 1 atom stereocenters. The molecule has 2 heterocycles. The second-order valence-corrected chi connectivity index (χ2v) is 5.59. The van der Waals surface area contributed by atoms with Gasteiger partial charge in [-0.05, 0) is 31.5 Å². The minimum atomic E-state index is 0.432. The van der Waals surface area contributed by atoms with Crippen LogP contribution in [-0.2, 0) is 0 Å². The average molecular weight is 304 g/mol. The van der Waals surface area contributed by atoms with Crippen molar-refractivity contribution >= 4 is 11.6 Å². The van der Waals surface area contributed by atoms with Crippen molar-refractivity contribution in [1.82, 2.24) is 15.3 Å². The number of hydrogen-bond donors (Lipinski definition) is 1. The highest BCUT2D eigenvalue weighted by Gasteiger charge is 2.13. The summed E-state index contributed by atoms with van der Waals surface area (Å²) in [4.78, 5) is 8.67. The summed E-state index contributed by atoms with van der Waals surface area (Å²) in [6, 6.07) is 7.98. The smallest absolute Gasteiger partial charge is 0.160 e. The molecule has 0 saturated carbocycles. The fourth-order valence-corrected chi connectivity index (χ4v) is 2.66. The van der Waals surface area contributed by atoms with E-state index in [2.05, 4.69) is 15.3 Å². The topological polar surface area (TPSA) is 47.0 Å². The fraction of sp³-hybridized carbons (Fsp3) is 0.375. The third kappa shape index (κ3) is 3.71. The maximum atomic E-state index is 6.14. The Labute approximate surface area is 129 Å². The fourth-order valence-electron chi connectivity index (χ4n) is 2.44. The molecule has 1 fully saturated rings. The van der Waals surface area contributed by atoms with Gasteiger partial charge in [0.25, 0.3) is 0 Å². The SMILES string of the molecule is Clc1ccccc1-c1ncc(OCC2CCCCN2)cn1. The van der Waals surface area contributed by atoms with Crippen molar-refractivity contribution in [2.24, 2.45) is 0 Å². The second-order valence-electron chi connectivity index (χ2n) is 5.18. The standard InChI is InChI=1S/C16H18ClN3O/c17-15-7-2-1-6-14(15)16-19-9-13(10-20-16)21-11-12-5-3-4-8-18-12/h1-2,6-7,9-10,12,18H,3-5,8,11H2. The van der Waals surface area contributed by atoms with Crippen molar-refractivity contribution in [2.75, 3.05) is 13.2 Å². The molecule has 0 aliphatic carbocycles. The van der Waals surface area contributed by atoms with Crippen LogP contribution >= 0.6 is 11.6 Å². The first-order valence-electron chi connectivity index (χ1n) is 7.26. The Bertz CT molecular complexity index is 582. The van der Waals surface area contributed by atoms with E-state index in [1.54, 1.807) is 12.4 Å². The van der Waals surface area contributed by atoms with Crippen LogP contribution in [0.2, 0.25) is 5.02 Å². The van der Waals surface area contributed by atoms with Gasteiger partial charge in [-0.2, -0.15) is 0 Å². The molecule has 21 heavy (non-hydrogen) atoms. The molecular formula is C16H18ClN3O. The minimum absolute atomic E-state index is 0.432. The number of benzene rings is 1. The first kappa shape index (κ1) is 14.3. The molecule has 110 valence electrons. The van der Waals surface area contributed by atoms with Gasteiger partial charge in [0.05, 0.1) is 17.4 Å². The van der Waals surface area contributed by atoms with Crippen molar-refractivity contribution in [3.8, 4) is 17.1 Å².